The molecule has 1 saturated heterocycles. The maximum absolute atomic E-state index is 12.9. The molecule has 1 atom stereocenters. The number of piperazine rings is 1. The van der Waals surface area contributed by atoms with Crippen molar-refractivity contribution in [3.8, 4) is 0 Å². The van der Waals surface area contributed by atoms with E-state index >= 15 is 0 Å². The minimum atomic E-state index is -3.84. The molecule has 2 aromatic rings. The van der Waals surface area contributed by atoms with E-state index in [0.717, 1.165) is 22.6 Å². The topological polar surface area (TPSA) is 80.1 Å². The maximum atomic E-state index is 12.9. The van der Waals surface area contributed by atoms with Gasteiger partial charge in [0.1, 0.15) is 11.4 Å². The standard InChI is InChI=1S/C14H17F2N5O2S/c15-14(16)10-20-9-12(7-19-20)24(22,23)21-5-4-18-8-13(21)11-2-1-3-17-6-11/h1-3,6-7,9,13-14,18H,4-5,8,10H2. The molecule has 2 aromatic heterocycles. The summed E-state index contributed by atoms with van der Waals surface area (Å²) in [6.07, 6.45) is 2.90. The van der Waals surface area contributed by atoms with Gasteiger partial charge in [-0.25, -0.2) is 17.2 Å². The molecule has 1 N–H and O–H groups in total. The number of alkyl halides is 2. The minimum Gasteiger partial charge on any atom is -0.313 e. The van der Waals surface area contributed by atoms with Gasteiger partial charge in [0, 0.05) is 38.2 Å². The summed E-state index contributed by atoms with van der Waals surface area (Å²) in [6, 6.07) is 3.15. The third-order valence-electron chi connectivity index (χ3n) is 3.80. The minimum absolute atomic E-state index is 0.0843. The average molecular weight is 357 g/mol. The number of halogens is 2. The number of sulfonamides is 1. The first-order valence-electron chi connectivity index (χ1n) is 7.41. The lowest BCUT2D eigenvalue weighted by Crippen LogP contribution is -2.48. The van der Waals surface area contributed by atoms with E-state index in [4.69, 9.17) is 0 Å². The van der Waals surface area contributed by atoms with Crippen molar-refractivity contribution >= 4 is 10.0 Å². The summed E-state index contributed by atoms with van der Waals surface area (Å²) in [7, 11) is -3.84. The van der Waals surface area contributed by atoms with Gasteiger partial charge in [-0.05, 0) is 11.6 Å². The van der Waals surface area contributed by atoms with E-state index in [1.165, 1.54) is 4.31 Å². The van der Waals surface area contributed by atoms with E-state index in [0.29, 0.717) is 13.1 Å². The van der Waals surface area contributed by atoms with Crippen LogP contribution in [0.4, 0.5) is 8.78 Å². The van der Waals surface area contributed by atoms with Gasteiger partial charge in [0.15, 0.2) is 0 Å². The van der Waals surface area contributed by atoms with Gasteiger partial charge in [0.25, 0.3) is 6.43 Å². The molecule has 1 aliphatic heterocycles. The summed E-state index contributed by atoms with van der Waals surface area (Å²) in [4.78, 5) is 3.95. The highest BCUT2D eigenvalue weighted by molar-refractivity contribution is 7.89. The second kappa shape index (κ2) is 6.91. The zero-order valence-electron chi connectivity index (χ0n) is 12.7. The Labute approximate surface area is 138 Å². The second-order valence-corrected chi connectivity index (χ2v) is 7.30. The van der Waals surface area contributed by atoms with E-state index in [2.05, 4.69) is 15.4 Å². The molecule has 0 aliphatic carbocycles. The molecule has 0 bridgehead atoms. The van der Waals surface area contributed by atoms with Gasteiger partial charge in [0.2, 0.25) is 10.0 Å². The van der Waals surface area contributed by atoms with Crippen molar-refractivity contribution in [3.63, 3.8) is 0 Å². The highest BCUT2D eigenvalue weighted by atomic mass is 32.2. The number of nitrogens with zero attached hydrogens (tertiary/aromatic N) is 4. The van der Waals surface area contributed by atoms with E-state index in [-0.39, 0.29) is 11.4 Å². The molecule has 0 amide bonds. The summed E-state index contributed by atoms with van der Waals surface area (Å²) < 4.78 is 53.0. The predicted molar refractivity (Wildman–Crippen MR) is 82.0 cm³/mol. The Bertz CT molecular complexity index is 781. The lowest BCUT2D eigenvalue weighted by Gasteiger charge is -2.34. The molecular weight excluding hydrogens is 340 g/mol. The fourth-order valence-electron chi connectivity index (χ4n) is 2.69. The van der Waals surface area contributed by atoms with E-state index in [1.807, 2.05) is 6.07 Å². The molecule has 0 aromatic carbocycles. The number of aromatic nitrogens is 3. The van der Waals surface area contributed by atoms with Crippen LogP contribution < -0.4 is 5.32 Å². The molecular formula is C14H17F2N5O2S. The van der Waals surface area contributed by atoms with Gasteiger partial charge < -0.3 is 5.32 Å². The van der Waals surface area contributed by atoms with Crippen molar-refractivity contribution in [1.29, 1.82) is 0 Å². The fourth-order valence-corrected chi connectivity index (χ4v) is 4.25. The molecule has 1 aliphatic rings. The van der Waals surface area contributed by atoms with Crippen molar-refractivity contribution in [2.75, 3.05) is 19.6 Å². The Morgan fingerprint density at radius 1 is 1.38 bits per heavy atom. The number of pyridine rings is 1. The zero-order chi connectivity index (χ0) is 17.2. The Morgan fingerprint density at radius 3 is 2.92 bits per heavy atom. The van der Waals surface area contributed by atoms with Crippen LogP contribution in [0.5, 0.6) is 0 Å². The molecule has 130 valence electrons. The van der Waals surface area contributed by atoms with Gasteiger partial charge in [0.05, 0.1) is 12.2 Å². The fraction of sp³-hybridized carbons (Fsp3) is 0.429. The summed E-state index contributed by atoms with van der Waals surface area (Å²) in [5.74, 6) is 0. The lowest BCUT2D eigenvalue weighted by molar-refractivity contribution is 0.121. The van der Waals surface area contributed by atoms with Crippen molar-refractivity contribution in [2.24, 2.45) is 0 Å². The summed E-state index contributed by atoms with van der Waals surface area (Å²) in [5.41, 5.74) is 0.772. The lowest BCUT2D eigenvalue weighted by atomic mass is 10.1. The van der Waals surface area contributed by atoms with E-state index in [1.54, 1.807) is 18.5 Å². The van der Waals surface area contributed by atoms with Crippen LogP contribution in [0.1, 0.15) is 11.6 Å². The molecule has 0 radical (unpaired) electrons. The largest absolute Gasteiger partial charge is 0.313 e. The molecule has 10 heteroatoms. The van der Waals surface area contributed by atoms with Crippen LogP contribution in [0.15, 0.2) is 41.8 Å². The van der Waals surface area contributed by atoms with Gasteiger partial charge in [-0.15, -0.1) is 0 Å². The first kappa shape index (κ1) is 16.9. The van der Waals surface area contributed by atoms with Gasteiger partial charge >= 0.3 is 0 Å². The van der Waals surface area contributed by atoms with Crippen molar-refractivity contribution in [2.45, 2.75) is 23.9 Å². The van der Waals surface area contributed by atoms with Crippen LogP contribution in [0.25, 0.3) is 0 Å². The number of rotatable bonds is 5. The summed E-state index contributed by atoms with van der Waals surface area (Å²) >= 11 is 0. The van der Waals surface area contributed by atoms with Crippen LogP contribution in [-0.2, 0) is 16.6 Å². The highest BCUT2D eigenvalue weighted by Gasteiger charge is 2.35. The molecule has 3 rings (SSSR count). The summed E-state index contributed by atoms with van der Waals surface area (Å²) in [5, 5.41) is 6.88. The molecule has 1 fully saturated rings. The number of nitrogens with one attached hydrogen (secondary N) is 1. The maximum Gasteiger partial charge on any atom is 0.257 e. The van der Waals surface area contributed by atoms with Crippen LogP contribution in [-0.4, -0.2) is 53.5 Å². The Kier molecular flexibility index (Phi) is 4.88. The Hall–Kier alpha value is -1.91. The third-order valence-corrected chi connectivity index (χ3v) is 5.67. The highest BCUT2D eigenvalue weighted by Crippen LogP contribution is 2.28. The van der Waals surface area contributed by atoms with Crippen molar-refractivity contribution in [1.82, 2.24) is 24.4 Å². The van der Waals surface area contributed by atoms with Crippen LogP contribution in [0.2, 0.25) is 0 Å². The monoisotopic (exact) mass is 357 g/mol. The SMILES string of the molecule is O=S(=O)(c1cnn(CC(F)F)c1)N1CCNCC1c1cccnc1. The number of hydrogen-bond acceptors (Lipinski definition) is 5. The quantitative estimate of drug-likeness (QED) is 0.859. The van der Waals surface area contributed by atoms with Crippen LogP contribution in [0, 0.1) is 0 Å². The molecule has 3 heterocycles. The van der Waals surface area contributed by atoms with Gasteiger partial charge in [-0.3, -0.25) is 9.67 Å². The van der Waals surface area contributed by atoms with Crippen LogP contribution in [0.3, 0.4) is 0 Å². The molecule has 7 nitrogen and oxygen atoms in total. The van der Waals surface area contributed by atoms with Crippen molar-refractivity contribution in [3.05, 3.63) is 42.5 Å². The van der Waals surface area contributed by atoms with Gasteiger partial charge in [-0.1, -0.05) is 6.07 Å². The van der Waals surface area contributed by atoms with Crippen molar-refractivity contribution < 1.29 is 17.2 Å². The summed E-state index contributed by atoms with van der Waals surface area (Å²) in [6.45, 7) is 0.613. The number of hydrogen-bond donors (Lipinski definition) is 1. The molecule has 0 saturated carbocycles. The second-order valence-electron chi connectivity index (χ2n) is 5.41. The van der Waals surface area contributed by atoms with Gasteiger partial charge in [-0.2, -0.15) is 9.40 Å². The third kappa shape index (κ3) is 3.45. The average Bonchev–Trinajstić information content (AvgIpc) is 3.04. The molecule has 0 spiro atoms. The first-order valence-corrected chi connectivity index (χ1v) is 8.85. The van der Waals surface area contributed by atoms with Crippen LogP contribution >= 0.6 is 0 Å². The Balaban J connectivity index is 1.90. The normalized spacial score (nSPS) is 19.7. The molecule has 1 unspecified atom stereocenters. The van der Waals surface area contributed by atoms with E-state index < -0.39 is 29.0 Å². The zero-order valence-corrected chi connectivity index (χ0v) is 13.5. The Morgan fingerprint density at radius 2 is 2.21 bits per heavy atom. The molecule has 24 heavy (non-hydrogen) atoms. The smallest absolute Gasteiger partial charge is 0.257 e. The predicted octanol–water partition coefficient (Wildman–Crippen LogP) is 0.878. The van der Waals surface area contributed by atoms with E-state index in [9.17, 15) is 17.2 Å². The first-order chi connectivity index (χ1) is 11.5.